The van der Waals surface area contributed by atoms with Crippen LogP contribution in [0.5, 0.6) is 0 Å². The molecule has 1 aromatic carbocycles. The Labute approximate surface area is 265 Å². The maximum atomic E-state index is 13.9. The highest BCUT2D eigenvalue weighted by molar-refractivity contribution is 7.92. The van der Waals surface area contributed by atoms with Crippen LogP contribution in [-0.4, -0.2) is 84.1 Å². The lowest BCUT2D eigenvalue weighted by Gasteiger charge is -2.36. The predicted octanol–water partition coefficient (Wildman–Crippen LogP) is 5.12. The number of hydrogen-bond acceptors (Lipinski definition) is 9. The van der Waals surface area contributed by atoms with Gasteiger partial charge in [0.25, 0.3) is 5.91 Å². The van der Waals surface area contributed by atoms with Crippen molar-refractivity contribution in [1.29, 1.82) is 0 Å². The van der Waals surface area contributed by atoms with Gasteiger partial charge in [-0.2, -0.15) is 0 Å². The van der Waals surface area contributed by atoms with E-state index in [1.165, 1.54) is 11.3 Å². The molecule has 0 bridgehead atoms. The zero-order valence-electron chi connectivity index (χ0n) is 26.2. The Morgan fingerprint density at radius 1 is 0.955 bits per heavy atom. The van der Waals surface area contributed by atoms with Crippen LogP contribution in [0.1, 0.15) is 75.0 Å². The van der Waals surface area contributed by atoms with Crippen molar-refractivity contribution in [2.75, 3.05) is 59.3 Å². The largest absolute Gasteiger partial charge is 0.444 e. The van der Waals surface area contributed by atoms with Crippen LogP contribution in [0.2, 0.25) is 0 Å². The quantitative estimate of drug-likeness (QED) is 0.326. The molecule has 14 heteroatoms. The van der Waals surface area contributed by atoms with Crippen LogP contribution in [0.4, 0.5) is 21.2 Å². The van der Waals surface area contributed by atoms with Gasteiger partial charge >= 0.3 is 6.09 Å². The molecular weight excluding hydrogens is 625 g/mol. The number of unbranched alkanes of at least 4 members (excludes halogenated alkanes) is 4. The SMILES string of the molecule is CCCCCCCS(=O)(=O)c1ccc2c(c1)CCN2C(=O)c1sc(N2CCN(C(=O)OC(C)(C)C)CC2)cc1NS(C)(=O)=O. The molecule has 0 spiro atoms. The summed E-state index contributed by atoms with van der Waals surface area (Å²) in [6, 6.07) is 6.57. The van der Waals surface area contributed by atoms with E-state index in [-0.39, 0.29) is 33.2 Å². The fourth-order valence-electron chi connectivity index (χ4n) is 5.32. The zero-order chi connectivity index (χ0) is 32.3. The molecule has 0 aliphatic carbocycles. The maximum absolute atomic E-state index is 13.9. The van der Waals surface area contributed by atoms with Crippen molar-refractivity contribution >= 4 is 59.6 Å². The summed E-state index contributed by atoms with van der Waals surface area (Å²) in [6.45, 7) is 9.76. The first-order chi connectivity index (χ1) is 20.6. The molecule has 1 fully saturated rings. The summed E-state index contributed by atoms with van der Waals surface area (Å²) in [4.78, 5) is 32.1. The van der Waals surface area contributed by atoms with Crippen LogP contribution < -0.4 is 14.5 Å². The maximum Gasteiger partial charge on any atom is 0.410 e. The molecule has 2 aliphatic heterocycles. The Morgan fingerprint density at radius 2 is 1.64 bits per heavy atom. The van der Waals surface area contributed by atoms with Crippen molar-refractivity contribution in [1.82, 2.24) is 4.90 Å². The summed E-state index contributed by atoms with van der Waals surface area (Å²) in [6.07, 6.45) is 5.88. The highest BCUT2D eigenvalue weighted by Gasteiger charge is 2.32. The van der Waals surface area contributed by atoms with Gasteiger partial charge in [0, 0.05) is 38.4 Å². The molecule has 2 aliphatic rings. The summed E-state index contributed by atoms with van der Waals surface area (Å²) in [5.74, 6) is -0.257. The minimum absolute atomic E-state index is 0.0999. The molecule has 44 heavy (non-hydrogen) atoms. The molecule has 2 aromatic rings. The van der Waals surface area contributed by atoms with Crippen LogP contribution in [0.15, 0.2) is 29.2 Å². The number of piperazine rings is 1. The predicted molar refractivity (Wildman–Crippen MR) is 175 cm³/mol. The Hall–Kier alpha value is -2.84. The number of hydrogen-bond donors (Lipinski definition) is 1. The summed E-state index contributed by atoms with van der Waals surface area (Å²) in [7, 11) is -7.11. The second-order valence-corrected chi connectivity index (χ2v) is 17.3. The molecule has 0 unspecified atom stereocenters. The van der Waals surface area contributed by atoms with Gasteiger partial charge in [-0.25, -0.2) is 21.6 Å². The van der Waals surface area contributed by atoms with Gasteiger partial charge in [-0.1, -0.05) is 32.6 Å². The van der Waals surface area contributed by atoms with Crippen LogP contribution in [0.3, 0.4) is 0 Å². The van der Waals surface area contributed by atoms with Gasteiger partial charge in [0.1, 0.15) is 10.5 Å². The number of anilines is 3. The normalized spacial score (nSPS) is 15.8. The number of thiophene rings is 1. The third-order valence-corrected chi connectivity index (χ3v) is 11.1. The smallest absolute Gasteiger partial charge is 0.410 e. The van der Waals surface area contributed by atoms with Crippen molar-refractivity contribution in [3.8, 4) is 0 Å². The van der Waals surface area contributed by atoms with E-state index in [4.69, 9.17) is 4.74 Å². The fourth-order valence-corrected chi connectivity index (χ4v) is 8.48. The average molecular weight is 669 g/mol. The Bertz CT molecular complexity index is 1570. The molecule has 0 saturated carbocycles. The van der Waals surface area contributed by atoms with E-state index in [0.717, 1.165) is 37.5 Å². The number of benzene rings is 1. The first-order valence-corrected chi connectivity index (χ1v) is 19.5. The van der Waals surface area contributed by atoms with Crippen LogP contribution in [0, 0.1) is 0 Å². The van der Waals surface area contributed by atoms with Gasteiger partial charge in [-0.3, -0.25) is 9.52 Å². The summed E-state index contributed by atoms with van der Waals surface area (Å²) in [5, 5.41) is 0.711. The molecule has 4 rings (SSSR count). The minimum Gasteiger partial charge on any atom is -0.444 e. The monoisotopic (exact) mass is 668 g/mol. The Morgan fingerprint density at radius 3 is 2.27 bits per heavy atom. The summed E-state index contributed by atoms with van der Waals surface area (Å²) < 4.78 is 58.3. The number of amides is 2. The van der Waals surface area contributed by atoms with Crippen LogP contribution >= 0.6 is 11.3 Å². The molecule has 1 saturated heterocycles. The van der Waals surface area contributed by atoms with E-state index in [2.05, 4.69) is 11.6 Å². The Kier molecular flexibility index (Phi) is 10.6. The third-order valence-electron chi connectivity index (χ3n) is 7.52. The first-order valence-electron chi connectivity index (χ1n) is 15.1. The molecular formula is C30H44N4O7S3. The van der Waals surface area contributed by atoms with Crippen LogP contribution in [-0.2, 0) is 31.0 Å². The molecule has 1 aromatic heterocycles. The van der Waals surface area contributed by atoms with E-state index >= 15 is 0 Å². The molecule has 0 atom stereocenters. The third kappa shape index (κ3) is 8.66. The lowest BCUT2D eigenvalue weighted by Crippen LogP contribution is -2.49. The lowest BCUT2D eigenvalue weighted by molar-refractivity contribution is 0.0240. The van der Waals surface area contributed by atoms with Crippen LogP contribution in [0.25, 0.3) is 0 Å². The molecule has 1 N–H and O–H groups in total. The number of carbonyl (C=O) groups is 2. The van der Waals surface area contributed by atoms with Crippen molar-refractivity contribution < 1.29 is 31.2 Å². The number of nitrogens with zero attached hydrogens (tertiary/aromatic N) is 3. The number of sulfone groups is 1. The van der Waals surface area contributed by atoms with E-state index in [0.29, 0.717) is 56.3 Å². The van der Waals surface area contributed by atoms with Gasteiger partial charge in [0.15, 0.2) is 9.84 Å². The second-order valence-electron chi connectivity index (χ2n) is 12.4. The molecule has 2 amide bonds. The van der Waals surface area contributed by atoms with Gasteiger partial charge in [0.05, 0.1) is 27.6 Å². The average Bonchev–Trinajstić information content (AvgIpc) is 3.55. The van der Waals surface area contributed by atoms with Gasteiger partial charge in [-0.05, 0) is 63.4 Å². The fraction of sp³-hybridized carbons (Fsp3) is 0.600. The highest BCUT2D eigenvalue weighted by atomic mass is 32.2. The standard InChI is InChI=1S/C30H44N4O7S3/c1-6-7-8-9-10-19-44(39,40)23-11-12-25-22(20-23)13-14-34(25)28(35)27-24(31-43(5,37)38)21-26(42-27)32-15-17-33(18-16-32)29(36)41-30(2,3)4/h11-12,20-21,31H,6-10,13-19H2,1-5H3. The number of fused-ring (bicyclic) bond motifs is 1. The number of nitrogens with one attached hydrogen (secondary N) is 1. The van der Waals surface area contributed by atoms with Gasteiger partial charge in [-0.15, -0.1) is 11.3 Å². The van der Waals surface area contributed by atoms with E-state index in [1.807, 2.05) is 25.7 Å². The molecule has 3 heterocycles. The Balaban J connectivity index is 1.51. The first kappa shape index (κ1) is 34.0. The van der Waals surface area contributed by atoms with E-state index < -0.39 is 25.5 Å². The summed E-state index contributed by atoms with van der Waals surface area (Å²) >= 11 is 1.20. The molecule has 0 radical (unpaired) electrons. The number of sulfonamides is 1. The topological polar surface area (TPSA) is 133 Å². The molecule has 11 nitrogen and oxygen atoms in total. The summed E-state index contributed by atoms with van der Waals surface area (Å²) in [5.41, 5.74) is 1.01. The van der Waals surface area contributed by atoms with Crippen molar-refractivity contribution in [2.45, 2.75) is 76.7 Å². The van der Waals surface area contributed by atoms with Crippen molar-refractivity contribution in [2.24, 2.45) is 0 Å². The van der Waals surface area contributed by atoms with Crippen molar-refractivity contribution in [3.63, 3.8) is 0 Å². The minimum atomic E-state index is -3.68. The number of ether oxygens (including phenoxy) is 1. The second kappa shape index (κ2) is 13.7. The molecule has 244 valence electrons. The number of rotatable bonds is 11. The zero-order valence-corrected chi connectivity index (χ0v) is 28.7. The van der Waals surface area contributed by atoms with Gasteiger partial charge < -0.3 is 19.4 Å². The van der Waals surface area contributed by atoms with E-state index in [1.54, 1.807) is 34.1 Å². The lowest BCUT2D eigenvalue weighted by atomic mass is 10.2. The van der Waals surface area contributed by atoms with Gasteiger partial charge in [0.2, 0.25) is 10.0 Å². The number of carbonyl (C=O) groups excluding carboxylic acids is 2. The highest BCUT2D eigenvalue weighted by Crippen LogP contribution is 2.39. The van der Waals surface area contributed by atoms with E-state index in [9.17, 15) is 26.4 Å². The van der Waals surface area contributed by atoms with Crippen molar-refractivity contribution in [3.05, 3.63) is 34.7 Å².